The standard InChI is InChI=1S/C28H26ClN5O4.ClH/c29-21-4-2-20(3-5-21)26-17-38-28(36)34(32-26)16-18-1-6-25-23(12-18)24(27(35)31-25)13-22-11-19(14-30-22)15-33-7-9-37-10-8-33;/h1-6,11-14,30H,7-10,15-17H2,(H,31,35);1H. The van der Waals surface area contributed by atoms with Crippen molar-refractivity contribution in [3.8, 4) is 0 Å². The lowest BCUT2D eigenvalue weighted by atomic mass is 10.0. The van der Waals surface area contributed by atoms with Gasteiger partial charge in [-0.15, -0.1) is 12.4 Å². The van der Waals surface area contributed by atoms with Crippen molar-refractivity contribution in [2.24, 2.45) is 5.10 Å². The summed E-state index contributed by atoms with van der Waals surface area (Å²) in [6.07, 6.45) is 3.32. The van der Waals surface area contributed by atoms with Crippen LogP contribution in [0.2, 0.25) is 5.02 Å². The van der Waals surface area contributed by atoms with Gasteiger partial charge in [0.1, 0.15) is 12.3 Å². The molecule has 6 rings (SSSR count). The van der Waals surface area contributed by atoms with Gasteiger partial charge in [0.15, 0.2) is 0 Å². The zero-order valence-corrected chi connectivity index (χ0v) is 22.6. The van der Waals surface area contributed by atoms with Crippen molar-refractivity contribution in [2.75, 3.05) is 38.2 Å². The number of aromatic amines is 1. The Morgan fingerprint density at radius 2 is 1.79 bits per heavy atom. The van der Waals surface area contributed by atoms with E-state index >= 15 is 0 Å². The summed E-state index contributed by atoms with van der Waals surface area (Å²) in [4.78, 5) is 30.9. The fourth-order valence-electron chi connectivity index (χ4n) is 4.76. The highest BCUT2D eigenvalue weighted by Gasteiger charge is 2.27. The van der Waals surface area contributed by atoms with Crippen molar-refractivity contribution in [1.82, 2.24) is 14.9 Å². The summed E-state index contributed by atoms with van der Waals surface area (Å²) in [6, 6.07) is 14.9. The van der Waals surface area contributed by atoms with Gasteiger partial charge in [0.2, 0.25) is 0 Å². The van der Waals surface area contributed by atoms with Crippen molar-refractivity contribution in [2.45, 2.75) is 13.1 Å². The van der Waals surface area contributed by atoms with Crippen LogP contribution in [0.25, 0.3) is 11.6 Å². The fourth-order valence-corrected chi connectivity index (χ4v) is 4.89. The number of nitrogens with one attached hydrogen (secondary N) is 2. The van der Waals surface area contributed by atoms with Gasteiger partial charge in [0, 0.05) is 53.4 Å². The third kappa shape index (κ3) is 6.02. The Labute approximate surface area is 236 Å². The van der Waals surface area contributed by atoms with E-state index in [2.05, 4.69) is 26.4 Å². The second-order valence-corrected chi connectivity index (χ2v) is 9.85. The number of rotatable bonds is 6. The first kappa shape index (κ1) is 27.0. The number of nitrogens with zero attached hydrogens (tertiary/aromatic N) is 3. The number of halogens is 2. The molecular formula is C28H27Cl2N5O4. The molecule has 0 aliphatic carbocycles. The normalized spacial score (nSPS) is 18.3. The lowest BCUT2D eigenvalue weighted by Gasteiger charge is -2.25. The number of fused-ring (bicyclic) bond motifs is 1. The Balaban J connectivity index is 0.00000308. The predicted molar refractivity (Wildman–Crippen MR) is 152 cm³/mol. The highest BCUT2D eigenvalue weighted by Crippen LogP contribution is 2.34. The van der Waals surface area contributed by atoms with Crippen LogP contribution in [-0.2, 0) is 27.4 Å². The van der Waals surface area contributed by atoms with Gasteiger partial charge in [-0.2, -0.15) is 10.1 Å². The van der Waals surface area contributed by atoms with Crippen LogP contribution in [0.4, 0.5) is 10.5 Å². The zero-order chi connectivity index (χ0) is 26.1. The van der Waals surface area contributed by atoms with Crippen molar-refractivity contribution in [3.05, 3.63) is 87.7 Å². The summed E-state index contributed by atoms with van der Waals surface area (Å²) >= 11 is 5.99. The maximum atomic E-state index is 12.8. The number of amides is 2. The molecule has 3 aromatic rings. The number of hydrogen-bond donors (Lipinski definition) is 2. The summed E-state index contributed by atoms with van der Waals surface area (Å²) in [6.45, 7) is 4.46. The van der Waals surface area contributed by atoms with Crippen LogP contribution in [0.15, 0.2) is 59.8 Å². The number of hydrazone groups is 1. The van der Waals surface area contributed by atoms with Crippen LogP contribution >= 0.6 is 24.0 Å². The molecule has 9 nitrogen and oxygen atoms in total. The van der Waals surface area contributed by atoms with Gasteiger partial charge in [-0.3, -0.25) is 9.69 Å². The molecule has 0 saturated carbocycles. The number of aromatic nitrogens is 1. The molecule has 1 saturated heterocycles. The van der Waals surface area contributed by atoms with Crippen LogP contribution in [0.3, 0.4) is 0 Å². The number of morpholine rings is 1. The molecule has 0 spiro atoms. The van der Waals surface area contributed by atoms with Gasteiger partial charge < -0.3 is 19.8 Å². The van der Waals surface area contributed by atoms with Gasteiger partial charge in [0.05, 0.1) is 25.3 Å². The predicted octanol–water partition coefficient (Wildman–Crippen LogP) is 4.77. The van der Waals surface area contributed by atoms with E-state index in [-0.39, 0.29) is 31.5 Å². The van der Waals surface area contributed by atoms with E-state index in [1.54, 1.807) is 12.1 Å². The first-order chi connectivity index (χ1) is 18.5. The third-order valence-corrected chi connectivity index (χ3v) is 6.99. The van der Waals surface area contributed by atoms with Crippen LogP contribution in [0, 0.1) is 0 Å². The maximum Gasteiger partial charge on any atom is 0.431 e. The largest absolute Gasteiger partial charge is 0.442 e. The Morgan fingerprint density at radius 3 is 2.59 bits per heavy atom. The quantitative estimate of drug-likeness (QED) is 0.418. The molecule has 0 unspecified atom stereocenters. The first-order valence-corrected chi connectivity index (χ1v) is 12.8. The molecule has 0 bridgehead atoms. The van der Waals surface area contributed by atoms with Gasteiger partial charge in [-0.1, -0.05) is 29.8 Å². The van der Waals surface area contributed by atoms with Crippen molar-refractivity contribution in [1.29, 1.82) is 0 Å². The van der Waals surface area contributed by atoms with Crippen molar-refractivity contribution >= 4 is 59.1 Å². The average Bonchev–Trinajstić information content (AvgIpc) is 3.50. The lowest BCUT2D eigenvalue weighted by Crippen LogP contribution is -2.35. The van der Waals surface area contributed by atoms with E-state index in [4.69, 9.17) is 21.1 Å². The highest BCUT2D eigenvalue weighted by molar-refractivity contribution is 6.34. The fraction of sp³-hybridized carbons (Fsp3) is 0.250. The first-order valence-electron chi connectivity index (χ1n) is 12.4. The van der Waals surface area contributed by atoms with Gasteiger partial charge in [-0.05, 0) is 47.5 Å². The number of cyclic esters (lactones) is 1. The number of hydrogen-bond acceptors (Lipinski definition) is 6. The van der Waals surface area contributed by atoms with Crippen LogP contribution in [-0.4, -0.2) is 65.5 Å². The minimum absolute atomic E-state index is 0. The maximum absolute atomic E-state index is 12.8. The van der Waals surface area contributed by atoms with E-state index in [0.717, 1.165) is 66.5 Å². The molecule has 2 amide bonds. The van der Waals surface area contributed by atoms with Gasteiger partial charge in [0.25, 0.3) is 5.91 Å². The summed E-state index contributed by atoms with van der Waals surface area (Å²) in [7, 11) is 0. The Kier molecular flexibility index (Phi) is 8.04. The van der Waals surface area contributed by atoms with Crippen LogP contribution < -0.4 is 5.32 Å². The molecule has 1 fully saturated rings. The van der Waals surface area contributed by atoms with E-state index in [9.17, 15) is 9.59 Å². The number of ether oxygens (including phenoxy) is 2. The molecule has 3 aliphatic heterocycles. The Hall–Kier alpha value is -3.63. The van der Waals surface area contributed by atoms with Crippen molar-refractivity contribution < 1.29 is 19.1 Å². The van der Waals surface area contributed by atoms with Gasteiger partial charge >= 0.3 is 6.09 Å². The number of carbonyl (C=O) groups is 2. The minimum atomic E-state index is -0.521. The van der Waals surface area contributed by atoms with E-state index in [1.807, 2.05) is 42.6 Å². The number of benzene rings is 2. The summed E-state index contributed by atoms with van der Waals surface area (Å²) in [5, 5.41) is 9.37. The molecule has 2 aromatic carbocycles. The molecule has 1 aromatic heterocycles. The Bertz CT molecular complexity index is 1440. The Morgan fingerprint density at radius 1 is 1.00 bits per heavy atom. The van der Waals surface area contributed by atoms with Crippen LogP contribution in [0.5, 0.6) is 0 Å². The van der Waals surface area contributed by atoms with Crippen LogP contribution in [0.1, 0.15) is 27.9 Å². The van der Waals surface area contributed by atoms with Crippen molar-refractivity contribution in [3.63, 3.8) is 0 Å². The van der Waals surface area contributed by atoms with E-state index < -0.39 is 6.09 Å². The summed E-state index contributed by atoms with van der Waals surface area (Å²) in [5.41, 5.74) is 6.38. The molecular weight excluding hydrogens is 541 g/mol. The molecule has 2 N–H and O–H groups in total. The average molecular weight is 568 g/mol. The monoisotopic (exact) mass is 567 g/mol. The molecule has 0 radical (unpaired) electrons. The molecule has 0 atom stereocenters. The number of anilines is 1. The summed E-state index contributed by atoms with van der Waals surface area (Å²) in [5.74, 6) is -0.165. The van der Waals surface area contributed by atoms with Gasteiger partial charge in [-0.25, -0.2) is 4.79 Å². The smallest absolute Gasteiger partial charge is 0.431 e. The third-order valence-electron chi connectivity index (χ3n) is 6.74. The zero-order valence-electron chi connectivity index (χ0n) is 21.0. The molecule has 4 heterocycles. The lowest BCUT2D eigenvalue weighted by molar-refractivity contribution is -0.110. The molecule has 202 valence electrons. The second kappa shape index (κ2) is 11.6. The second-order valence-electron chi connectivity index (χ2n) is 9.41. The number of carbonyl (C=O) groups excluding carboxylic acids is 2. The number of H-pyrrole nitrogens is 1. The molecule has 39 heavy (non-hydrogen) atoms. The topological polar surface area (TPSA) is 99.3 Å². The molecule has 11 heteroatoms. The SMILES string of the molecule is Cl.O=C1Nc2ccc(CN3N=C(c4ccc(Cl)cc4)COC3=O)cc2C1=Cc1cc(CN2CCOCC2)c[nH]1. The minimum Gasteiger partial charge on any atom is -0.442 e. The molecule has 3 aliphatic rings. The highest BCUT2D eigenvalue weighted by atomic mass is 35.5. The van der Waals surface area contributed by atoms with E-state index in [1.165, 1.54) is 5.01 Å². The van der Waals surface area contributed by atoms with E-state index in [0.29, 0.717) is 16.3 Å². The summed E-state index contributed by atoms with van der Waals surface area (Å²) < 4.78 is 10.8.